The molecular weight excluding hydrogens is 178 g/mol. The second-order valence-corrected chi connectivity index (χ2v) is 2.42. The van der Waals surface area contributed by atoms with E-state index in [1.807, 2.05) is 36.4 Å². The maximum absolute atomic E-state index is 7.87. The summed E-state index contributed by atoms with van der Waals surface area (Å²) in [6.45, 7) is 0.552. The van der Waals surface area contributed by atoms with Crippen molar-refractivity contribution >= 4 is 0 Å². The van der Waals surface area contributed by atoms with E-state index in [9.17, 15) is 0 Å². The van der Waals surface area contributed by atoms with Gasteiger partial charge in [-0.15, -0.1) is 0 Å². The third kappa shape index (κ3) is 7.14. The van der Waals surface area contributed by atoms with Crippen molar-refractivity contribution in [3.8, 4) is 11.8 Å². The van der Waals surface area contributed by atoms with Crippen LogP contribution in [0.2, 0.25) is 0 Å². The first-order chi connectivity index (χ1) is 6.85. The van der Waals surface area contributed by atoms with Crippen molar-refractivity contribution in [2.24, 2.45) is 0 Å². The zero-order chi connectivity index (χ0) is 10.6. The molecule has 0 aliphatic carbocycles. The van der Waals surface area contributed by atoms with E-state index < -0.39 is 0 Å². The summed E-state index contributed by atoms with van der Waals surface area (Å²) in [6, 6.07) is 11.6. The second kappa shape index (κ2) is 9.56. The van der Waals surface area contributed by atoms with E-state index in [1.165, 1.54) is 0 Å². The summed E-state index contributed by atoms with van der Waals surface area (Å²) in [5.41, 5.74) is 0. The molecular formula is C11H15NO2. The first-order valence-corrected chi connectivity index (χ1v) is 4.30. The highest BCUT2D eigenvalue weighted by atomic mass is 16.5. The van der Waals surface area contributed by atoms with Crippen molar-refractivity contribution in [3.05, 3.63) is 30.3 Å². The fraction of sp³-hybridized carbons (Fsp3) is 0.364. The molecule has 14 heavy (non-hydrogen) atoms. The number of hydrogen-bond acceptors (Lipinski definition) is 3. The Bertz CT molecular complexity index is 254. The molecule has 76 valence electrons. The molecule has 0 fully saturated rings. The van der Waals surface area contributed by atoms with Gasteiger partial charge in [0.05, 0.1) is 26.2 Å². The number of para-hydroxylation sites is 1. The lowest BCUT2D eigenvalue weighted by Gasteiger charge is -1.93. The smallest absolute Gasteiger partial charge is 0.118 e. The lowest BCUT2D eigenvalue weighted by atomic mass is 10.3. The monoisotopic (exact) mass is 193 g/mol. The van der Waals surface area contributed by atoms with E-state index in [1.54, 1.807) is 14.2 Å². The van der Waals surface area contributed by atoms with Crippen molar-refractivity contribution < 1.29 is 9.47 Å². The predicted molar refractivity (Wildman–Crippen MR) is 55.1 cm³/mol. The molecule has 0 heterocycles. The number of methoxy groups -OCH3 is 2. The van der Waals surface area contributed by atoms with Crippen LogP contribution in [0.4, 0.5) is 0 Å². The molecule has 1 rings (SSSR count). The summed E-state index contributed by atoms with van der Waals surface area (Å²) >= 11 is 0. The first-order valence-electron chi connectivity index (χ1n) is 4.30. The molecule has 0 aliphatic rings. The van der Waals surface area contributed by atoms with Gasteiger partial charge in [0.15, 0.2) is 0 Å². The highest BCUT2D eigenvalue weighted by Crippen LogP contribution is 2.05. The number of hydrogen-bond donors (Lipinski definition) is 0. The molecule has 1 aromatic carbocycles. The highest BCUT2D eigenvalue weighted by Gasteiger charge is 1.80. The number of nitrogens with zero attached hydrogens (tertiary/aromatic N) is 1. The summed E-state index contributed by atoms with van der Waals surface area (Å²) < 4.78 is 9.47. The van der Waals surface area contributed by atoms with Crippen molar-refractivity contribution in [1.82, 2.24) is 0 Å². The zero-order valence-corrected chi connectivity index (χ0v) is 8.56. The minimum atomic E-state index is 0.497. The van der Waals surface area contributed by atoms with Gasteiger partial charge in [-0.2, -0.15) is 5.26 Å². The topological polar surface area (TPSA) is 42.2 Å². The van der Waals surface area contributed by atoms with Crippen molar-refractivity contribution in [2.75, 3.05) is 20.8 Å². The Morgan fingerprint density at radius 3 is 2.14 bits per heavy atom. The van der Waals surface area contributed by atoms with E-state index in [-0.39, 0.29) is 0 Å². The average Bonchev–Trinajstić information content (AvgIpc) is 2.28. The largest absolute Gasteiger partial charge is 0.497 e. The third-order valence-electron chi connectivity index (χ3n) is 1.40. The van der Waals surface area contributed by atoms with Gasteiger partial charge >= 0.3 is 0 Å². The number of rotatable bonds is 3. The fourth-order valence-corrected chi connectivity index (χ4v) is 0.704. The molecule has 0 bridgehead atoms. The van der Waals surface area contributed by atoms with E-state index >= 15 is 0 Å². The molecule has 0 aliphatic heterocycles. The van der Waals surface area contributed by atoms with Crippen LogP contribution in [0.1, 0.15) is 6.42 Å². The highest BCUT2D eigenvalue weighted by molar-refractivity contribution is 5.20. The molecule has 0 radical (unpaired) electrons. The second-order valence-electron chi connectivity index (χ2n) is 2.42. The van der Waals surface area contributed by atoms with Gasteiger partial charge in [-0.1, -0.05) is 18.2 Å². The molecule has 0 spiro atoms. The van der Waals surface area contributed by atoms with Crippen molar-refractivity contribution in [1.29, 1.82) is 5.26 Å². The number of ether oxygens (including phenoxy) is 2. The van der Waals surface area contributed by atoms with Crippen molar-refractivity contribution in [2.45, 2.75) is 6.42 Å². The van der Waals surface area contributed by atoms with Gasteiger partial charge in [0.1, 0.15) is 5.75 Å². The molecule has 0 N–H and O–H groups in total. The molecule has 3 nitrogen and oxygen atoms in total. The Morgan fingerprint density at radius 1 is 1.21 bits per heavy atom. The molecule has 0 saturated heterocycles. The maximum Gasteiger partial charge on any atom is 0.118 e. The lowest BCUT2D eigenvalue weighted by Crippen LogP contribution is -1.82. The summed E-state index contributed by atoms with van der Waals surface area (Å²) in [5, 5.41) is 7.87. The third-order valence-corrected chi connectivity index (χ3v) is 1.40. The molecule has 0 atom stereocenters. The molecule has 0 unspecified atom stereocenters. The van der Waals surface area contributed by atoms with Crippen LogP contribution in [0.15, 0.2) is 30.3 Å². The molecule has 0 aromatic heterocycles. The van der Waals surface area contributed by atoms with Gasteiger partial charge in [0, 0.05) is 7.11 Å². The van der Waals surface area contributed by atoms with Crippen LogP contribution < -0.4 is 4.74 Å². The van der Waals surface area contributed by atoms with Crippen LogP contribution in [0.3, 0.4) is 0 Å². The van der Waals surface area contributed by atoms with Crippen LogP contribution in [-0.4, -0.2) is 20.8 Å². The van der Waals surface area contributed by atoms with Gasteiger partial charge in [-0.25, -0.2) is 0 Å². The van der Waals surface area contributed by atoms with Crippen LogP contribution in [-0.2, 0) is 4.74 Å². The van der Waals surface area contributed by atoms with Crippen LogP contribution in [0, 0.1) is 11.3 Å². The molecule has 3 heteroatoms. The Morgan fingerprint density at radius 2 is 1.86 bits per heavy atom. The Hall–Kier alpha value is -1.53. The van der Waals surface area contributed by atoms with E-state index in [0.29, 0.717) is 13.0 Å². The van der Waals surface area contributed by atoms with E-state index in [2.05, 4.69) is 4.74 Å². The Kier molecular flexibility index (Phi) is 8.51. The fourth-order valence-electron chi connectivity index (χ4n) is 0.704. The van der Waals surface area contributed by atoms with Gasteiger partial charge < -0.3 is 9.47 Å². The standard InChI is InChI=1S/C7H8O.C4H7NO/c1-8-7-5-3-2-4-6-7;1-6-4-2-3-5/h2-6H,1H3;2,4H2,1H3. The number of benzene rings is 1. The van der Waals surface area contributed by atoms with Gasteiger partial charge in [-0.3, -0.25) is 0 Å². The van der Waals surface area contributed by atoms with Crippen LogP contribution in [0.25, 0.3) is 0 Å². The maximum atomic E-state index is 7.87. The van der Waals surface area contributed by atoms with E-state index in [4.69, 9.17) is 10.00 Å². The van der Waals surface area contributed by atoms with Gasteiger partial charge in [0.2, 0.25) is 0 Å². The van der Waals surface area contributed by atoms with Crippen molar-refractivity contribution in [3.63, 3.8) is 0 Å². The summed E-state index contributed by atoms with van der Waals surface area (Å²) in [5.74, 6) is 0.910. The molecule has 0 saturated carbocycles. The average molecular weight is 193 g/mol. The van der Waals surface area contributed by atoms with E-state index in [0.717, 1.165) is 5.75 Å². The Labute approximate surface area is 84.9 Å². The minimum Gasteiger partial charge on any atom is -0.497 e. The number of nitriles is 1. The van der Waals surface area contributed by atoms with Gasteiger partial charge in [-0.05, 0) is 12.1 Å². The lowest BCUT2D eigenvalue weighted by molar-refractivity contribution is 0.205. The van der Waals surface area contributed by atoms with Crippen LogP contribution in [0.5, 0.6) is 5.75 Å². The summed E-state index contributed by atoms with van der Waals surface area (Å²) in [4.78, 5) is 0. The SMILES string of the molecule is COCCC#N.COc1ccccc1. The summed E-state index contributed by atoms with van der Waals surface area (Å²) in [6.07, 6.45) is 0.497. The minimum absolute atomic E-state index is 0.497. The van der Waals surface area contributed by atoms with Crippen LogP contribution >= 0.6 is 0 Å². The zero-order valence-electron chi connectivity index (χ0n) is 8.56. The normalized spacial score (nSPS) is 8.07. The quantitative estimate of drug-likeness (QED) is 0.691. The molecule has 0 amide bonds. The molecule has 1 aromatic rings. The summed E-state index contributed by atoms with van der Waals surface area (Å²) in [7, 11) is 3.24. The first kappa shape index (κ1) is 12.5. The van der Waals surface area contributed by atoms with Gasteiger partial charge in [0.25, 0.3) is 0 Å². The predicted octanol–water partition coefficient (Wildman–Crippen LogP) is 2.24. The Balaban J connectivity index is 0.000000255.